The summed E-state index contributed by atoms with van der Waals surface area (Å²) in [5, 5.41) is 9.00. The lowest BCUT2D eigenvalue weighted by Gasteiger charge is -2.08. The van der Waals surface area contributed by atoms with Crippen molar-refractivity contribution in [3.8, 4) is 0 Å². The lowest BCUT2D eigenvalue weighted by atomic mass is 10.0. The minimum absolute atomic E-state index is 0.156. The van der Waals surface area contributed by atoms with Crippen molar-refractivity contribution in [2.75, 3.05) is 6.61 Å². The standard InChI is InChI=1S/C11H21BrO/c1-3-5-7-10(8-6-4-2)11(12)9-13/h13H,3-9H2,1-2H3. The van der Waals surface area contributed by atoms with Gasteiger partial charge in [0.1, 0.15) is 0 Å². The molecule has 0 fully saturated rings. The summed E-state index contributed by atoms with van der Waals surface area (Å²) in [6.45, 7) is 4.55. The number of unbranched alkanes of at least 4 members (excludes halogenated alkanes) is 2. The van der Waals surface area contributed by atoms with E-state index in [0.29, 0.717) is 0 Å². The third kappa shape index (κ3) is 6.28. The van der Waals surface area contributed by atoms with Gasteiger partial charge in [-0.25, -0.2) is 0 Å². The molecule has 0 heterocycles. The zero-order valence-electron chi connectivity index (χ0n) is 8.77. The highest BCUT2D eigenvalue weighted by atomic mass is 79.9. The third-order valence-electron chi connectivity index (χ3n) is 2.19. The fourth-order valence-corrected chi connectivity index (χ4v) is 1.68. The minimum atomic E-state index is 0.156. The topological polar surface area (TPSA) is 20.2 Å². The van der Waals surface area contributed by atoms with Crippen LogP contribution in [0.15, 0.2) is 10.1 Å². The van der Waals surface area contributed by atoms with Gasteiger partial charge in [-0.15, -0.1) is 0 Å². The molecule has 2 heteroatoms. The highest BCUT2D eigenvalue weighted by Gasteiger charge is 2.02. The largest absolute Gasteiger partial charge is 0.391 e. The van der Waals surface area contributed by atoms with E-state index in [-0.39, 0.29) is 6.61 Å². The van der Waals surface area contributed by atoms with Crippen LogP contribution in [0.2, 0.25) is 0 Å². The predicted molar refractivity (Wildman–Crippen MR) is 62.1 cm³/mol. The molecule has 0 aromatic heterocycles. The molecule has 0 unspecified atom stereocenters. The van der Waals surface area contributed by atoms with Crippen LogP contribution in [-0.4, -0.2) is 11.7 Å². The van der Waals surface area contributed by atoms with Gasteiger partial charge in [0.15, 0.2) is 0 Å². The van der Waals surface area contributed by atoms with Crippen LogP contribution in [0, 0.1) is 0 Å². The average Bonchev–Trinajstić information content (AvgIpc) is 2.17. The summed E-state index contributed by atoms with van der Waals surface area (Å²) in [5.74, 6) is 0. The van der Waals surface area contributed by atoms with Crippen molar-refractivity contribution in [2.45, 2.75) is 52.4 Å². The van der Waals surface area contributed by atoms with Crippen molar-refractivity contribution >= 4 is 15.9 Å². The van der Waals surface area contributed by atoms with Gasteiger partial charge in [-0.1, -0.05) is 48.2 Å². The van der Waals surface area contributed by atoms with Crippen LogP contribution in [0.4, 0.5) is 0 Å². The number of allylic oxidation sites excluding steroid dienone is 1. The Kier molecular flexibility index (Phi) is 8.89. The highest BCUT2D eigenvalue weighted by molar-refractivity contribution is 9.11. The summed E-state index contributed by atoms with van der Waals surface area (Å²) < 4.78 is 1.01. The van der Waals surface area contributed by atoms with Gasteiger partial charge in [0, 0.05) is 4.48 Å². The Morgan fingerprint density at radius 1 is 1.08 bits per heavy atom. The fraction of sp³-hybridized carbons (Fsp3) is 0.818. The Morgan fingerprint density at radius 2 is 1.54 bits per heavy atom. The Morgan fingerprint density at radius 3 is 1.85 bits per heavy atom. The lowest BCUT2D eigenvalue weighted by Crippen LogP contribution is -1.92. The molecule has 0 radical (unpaired) electrons. The Bertz CT molecular complexity index is 142. The smallest absolute Gasteiger partial charge is 0.0746 e. The number of aliphatic hydroxyl groups is 1. The molecule has 78 valence electrons. The first kappa shape index (κ1) is 13.2. The molecule has 0 aliphatic heterocycles. The van der Waals surface area contributed by atoms with Gasteiger partial charge in [-0.2, -0.15) is 0 Å². The van der Waals surface area contributed by atoms with Crippen LogP contribution in [0.5, 0.6) is 0 Å². The number of halogens is 1. The molecule has 1 N–H and O–H groups in total. The molecule has 0 bridgehead atoms. The number of rotatable bonds is 7. The molecule has 0 amide bonds. The number of hydrogen-bond acceptors (Lipinski definition) is 1. The molecule has 1 nitrogen and oxygen atoms in total. The quantitative estimate of drug-likeness (QED) is 0.722. The number of hydrogen-bond donors (Lipinski definition) is 1. The minimum Gasteiger partial charge on any atom is -0.391 e. The lowest BCUT2D eigenvalue weighted by molar-refractivity contribution is 0.338. The molecule has 0 aliphatic rings. The van der Waals surface area contributed by atoms with Crippen LogP contribution >= 0.6 is 15.9 Å². The summed E-state index contributed by atoms with van der Waals surface area (Å²) in [7, 11) is 0. The van der Waals surface area contributed by atoms with Crippen LogP contribution in [0.1, 0.15) is 52.4 Å². The first-order chi connectivity index (χ1) is 6.26. The van der Waals surface area contributed by atoms with Gasteiger partial charge in [-0.05, 0) is 25.7 Å². The molecule has 0 saturated carbocycles. The van der Waals surface area contributed by atoms with Crippen molar-refractivity contribution in [3.63, 3.8) is 0 Å². The molecule has 0 aromatic rings. The van der Waals surface area contributed by atoms with Crippen LogP contribution in [0.25, 0.3) is 0 Å². The third-order valence-corrected chi connectivity index (χ3v) is 3.00. The first-order valence-corrected chi connectivity index (χ1v) is 6.02. The Labute approximate surface area is 90.4 Å². The van der Waals surface area contributed by atoms with E-state index in [2.05, 4.69) is 29.8 Å². The van der Waals surface area contributed by atoms with Crippen molar-refractivity contribution in [2.24, 2.45) is 0 Å². The summed E-state index contributed by atoms with van der Waals surface area (Å²) >= 11 is 3.43. The predicted octanol–water partition coefficient (Wildman–Crippen LogP) is 4.01. The van der Waals surface area contributed by atoms with Gasteiger partial charge >= 0.3 is 0 Å². The van der Waals surface area contributed by atoms with Gasteiger partial charge in [-0.3, -0.25) is 0 Å². The zero-order valence-corrected chi connectivity index (χ0v) is 10.4. The molecular weight excluding hydrogens is 228 g/mol. The van der Waals surface area contributed by atoms with E-state index in [0.717, 1.165) is 17.3 Å². The maximum absolute atomic E-state index is 9.00. The average molecular weight is 249 g/mol. The number of aliphatic hydroxyl groups excluding tert-OH is 1. The second kappa shape index (κ2) is 8.76. The normalized spacial score (nSPS) is 10.2. The van der Waals surface area contributed by atoms with E-state index < -0.39 is 0 Å². The van der Waals surface area contributed by atoms with Crippen molar-refractivity contribution in [1.29, 1.82) is 0 Å². The molecule has 13 heavy (non-hydrogen) atoms. The molecule has 0 saturated heterocycles. The summed E-state index contributed by atoms with van der Waals surface area (Å²) in [6, 6.07) is 0. The Balaban J connectivity index is 4.02. The maximum atomic E-state index is 9.00. The van der Waals surface area contributed by atoms with E-state index in [1.54, 1.807) is 0 Å². The molecule has 0 aliphatic carbocycles. The Hall–Kier alpha value is 0.180. The van der Waals surface area contributed by atoms with E-state index >= 15 is 0 Å². The SMILES string of the molecule is CCCCC(CCCC)=C(Br)CO. The fourth-order valence-electron chi connectivity index (χ4n) is 1.29. The maximum Gasteiger partial charge on any atom is 0.0746 e. The molecule has 0 atom stereocenters. The summed E-state index contributed by atoms with van der Waals surface area (Å²) in [6.07, 6.45) is 7.18. The van der Waals surface area contributed by atoms with E-state index in [9.17, 15) is 0 Å². The monoisotopic (exact) mass is 248 g/mol. The van der Waals surface area contributed by atoms with Gasteiger partial charge in [0.05, 0.1) is 6.61 Å². The van der Waals surface area contributed by atoms with E-state index in [1.807, 2.05) is 0 Å². The van der Waals surface area contributed by atoms with Crippen molar-refractivity contribution < 1.29 is 5.11 Å². The summed E-state index contributed by atoms with van der Waals surface area (Å²) in [5.41, 5.74) is 1.41. The zero-order chi connectivity index (χ0) is 10.1. The van der Waals surface area contributed by atoms with Crippen molar-refractivity contribution in [3.05, 3.63) is 10.1 Å². The second-order valence-corrected chi connectivity index (χ2v) is 4.33. The molecule has 0 spiro atoms. The van der Waals surface area contributed by atoms with Gasteiger partial charge in [0.25, 0.3) is 0 Å². The van der Waals surface area contributed by atoms with Crippen LogP contribution in [0.3, 0.4) is 0 Å². The molecule has 0 aromatic carbocycles. The van der Waals surface area contributed by atoms with Crippen LogP contribution < -0.4 is 0 Å². The van der Waals surface area contributed by atoms with E-state index in [1.165, 1.54) is 31.3 Å². The summed E-state index contributed by atoms with van der Waals surface area (Å²) in [4.78, 5) is 0. The first-order valence-electron chi connectivity index (χ1n) is 5.23. The van der Waals surface area contributed by atoms with Gasteiger partial charge in [0.2, 0.25) is 0 Å². The van der Waals surface area contributed by atoms with Gasteiger partial charge < -0.3 is 5.11 Å². The molecular formula is C11H21BrO. The molecule has 0 rings (SSSR count). The second-order valence-electron chi connectivity index (χ2n) is 3.37. The van der Waals surface area contributed by atoms with E-state index in [4.69, 9.17) is 5.11 Å². The van der Waals surface area contributed by atoms with Crippen molar-refractivity contribution in [1.82, 2.24) is 0 Å². The van der Waals surface area contributed by atoms with Crippen LogP contribution in [-0.2, 0) is 0 Å². The highest BCUT2D eigenvalue weighted by Crippen LogP contribution is 2.22.